The molecule has 2 N–H and O–H groups in total. The van der Waals surface area contributed by atoms with Crippen molar-refractivity contribution >= 4 is 11.7 Å². The van der Waals surface area contributed by atoms with Gasteiger partial charge in [0.15, 0.2) is 0 Å². The average Bonchev–Trinajstić information content (AvgIpc) is 2.24. The summed E-state index contributed by atoms with van der Waals surface area (Å²) in [6.07, 6.45) is 0. The van der Waals surface area contributed by atoms with E-state index in [1.165, 1.54) is 0 Å². The fourth-order valence-electron chi connectivity index (χ4n) is 1.18. The van der Waals surface area contributed by atoms with Crippen molar-refractivity contribution < 1.29 is 9.53 Å². The maximum atomic E-state index is 11.4. The second-order valence-corrected chi connectivity index (χ2v) is 3.38. The van der Waals surface area contributed by atoms with E-state index in [0.29, 0.717) is 19.0 Å². The second-order valence-electron chi connectivity index (χ2n) is 3.38. The highest BCUT2D eigenvalue weighted by Gasteiger charge is 2.02. The van der Waals surface area contributed by atoms with E-state index in [1.807, 2.05) is 19.1 Å². The lowest BCUT2D eigenvalue weighted by Crippen LogP contribution is -2.30. The number of hydrogen-bond donors (Lipinski definition) is 2. The smallest absolute Gasteiger partial charge is 0.239 e. The standard InChI is InChI=1S/C11H17N3O2/c1-9-4-3-5-10(13-9)14-11(15)8-12-6-7-16-2/h3-5,12H,6-8H2,1-2H3,(H,13,14,15). The minimum atomic E-state index is -0.103. The molecule has 1 heterocycles. The molecule has 0 saturated heterocycles. The molecular formula is C11H17N3O2. The average molecular weight is 223 g/mol. The van der Waals surface area contributed by atoms with Gasteiger partial charge in [0.1, 0.15) is 5.82 Å². The normalized spacial score (nSPS) is 10.1. The molecule has 0 bridgehead atoms. The van der Waals surface area contributed by atoms with E-state index in [0.717, 1.165) is 5.69 Å². The fraction of sp³-hybridized carbons (Fsp3) is 0.455. The van der Waals surface area contributed by atoms with Gasteiger partial charge in [0, 0.05) is 19.3 Å². The number of aromatic nitrogens is 1. The number of methoxy groups -OCH3 is 1. The summed E-state index contributed by atoms with van der Waals surface area (Å²) in [5, 5.41) is 5.66. The van der Waals surface area contributed by atoms with Crippen LogP contribution >= 0.6 is 0 Å². The SMILES string of the molecule is COCCNCC(=O)Nc1cccc(C)n1. The van der Waals surface area contributed by atoms with Crippen molar-refractivity contribution in [2.45, 2.75) is 6.92 Å². The lowest BCUT2D eigenvalue weighted by molar-refractivity contribution is -0.115. The summed E-state index contributed by atoms with van der Waals surface area (Å²) in [4.78, 5) is 15.6. The molecule has 1 aromatic heterocycles. The first kappa shape index (κ1) is 12.6. The van der Waals surface area contributed by atoms with Crippen molar-refractivity contribution in [2.75, 3.05) is 32.1 Å². The van der Waals surface area contributed by atoms with Gasteiger partial charge in [-0.3, -0.25) is 4.79 Å². The molecule has 0 saturated carbocycles. The Kier molecular flexibility index (Phi) is 5.45. The molecule has 1 amide bonds. The Morgan fingerprint density at radius 1 is 1.50 bits per heavy atom. The van der Waals surface area contributed by atoms with E-state index in [9.17, 15) is 4.79 Å². The number of ether oxygens (including phenoxy) is 1. The summed E-state index contributed by atoms with van der Waals surface area (Å²) >= 11 is 0. The van der Waals surface area contributed by atoms with Gasteiger partial charge in [0.25, 0.3) is 0 Å². The number of pyridine rings is 1. The lowest BCUT2D eigenvalue weighted by Gasteiger charge is -2.06. The summed E-state index contributed by atoms with van der Waals surface area (Å²) in [7, 11) is 1.62. The molecule has 0 aliphatic heterocycles. The first-order valence-electron chi connectivity index (χ1n) is 5.15. The zero-order chi connectivity index (χ0) is 11.8. The van der Waals surface area contributed by atoms with Crippen molar-refractivity contribution in [3.63, 3.8) is 0 Å². The monoisotopic (exact) mass is 223 g/mol. The van der Waals surface area contributed by atoms with Gasteiger partial charge in [0.05, 0.1) is 13.2 Å². The van der Waals surface area contributed by atoms with Gasteiger partial charge in [-0.15, -0.1) is 0 Å². The summed E-state index contributed by atoms with van der Waals surface area (Å²) in [6, 6.07) is 5.50. The van der Waals surface area contributed by atoms with Crippen molar-refractivity contribution in [1.29, 1.82) is 0 Å². The van der Waals surface area contributed by atoms with Gasteiger partial charge >= 0.3 is 0 Å². The van der Waals surface area contributed by atoms with Crippen LogP contribution in [0, 0.1) is 6.92 Å². The Labute approximate surface area is 95.2 Å². The minimum Gasteiger partial charge on any atom is -0.383 e. The molecule has 0 radical (unpaired) electrons. The molecule has 0 spiro atoms. The first-order valence-corrected chi connectivity index (χ1v) is 5.15. The number of anilines is 1. The summed E-state index contributed by atoms with van der Waals surface area (Å²) in [5.74, 6) is 0.479. The third-order valence-electron chi connectivity index (χ3n) is 1.92. The Hall–Kier alpha value is -1.46. The van der Waals surface area contributed by atoms with Crippen LogP contribution in [-0.4, -0.2) is 37.7 Å². The Bertz CT molecular complexity index is 342. The number of carbonyl (C=O) groups is 1. The molecule has 16 heavy (non-hydrogen) atoms. The van der Waals surface area contributed by atoms with Crippen molar-refractivity contribution in [3.05, 3.63) is 23.9 Å². The molecule has 1 aromatic rings. The molecule has 5 nitrogen and oxygen atoms in total. The van der Waals surface area contributed by atoms with Crippen molar-refractivity contribution in [1.82, 2.24) is 10.3 Å². The van der Waals surface area contributed by atoms with Gasteiger partial charge in [-0.2, -0.15) is 0 Å². The second kappa shape index (κ2) is 6.92. The molecule has 88 valence electrons. The molecule has 0 atom stereocenters. The molecule has 0 aliphatic rings. The number of rotatable bonds is 6. The zero-order valence-electron chi connectivity index (χ0n) is 9.62. The van der Waals surface area contributed by atoms with Crippen LogP contribution in [-0.2, 0) is 9.53 Å². The highest BCUT2D eigenvalue weighted by molar-refractivity contribution is 5.91. The maximum Gasteiger partial charge on any atom is 0.239 e. The molecule has 5 heteroatoms. The molecular weight excluding hydrogens is 206 g/mol. The quantitative estimate of drug-likeness (QED) is 0.692. The van der Waals surface area contributed by atoms with Crippen LogP contribution < -0.4 is 10.6 Å². The number of amides is 1. The van der Waals surface area contributed by atoms with Gasteiger partial charge < -0.3 is 15.4 Å². The van der Waals surface area contributed by atoms with Crippen LogP contribution in [0.15, 0.2) is 18.2 Å². The summed E-state index contributed by atoms with van der Waals surface area (Å²) < 4.78 is 4.85. The number of hydrogen-bond acceptors (Lipinski definition) is 4. The molecule has 0 aliphatic carbocycles. The van der Waals surface area contributed by atoms with E-state index in [4.69, 9.17) is 4.74 Å². The predicted octanol–water partition coefficient (Wildman–Crippen LogP) is 0.565. The van der Waals surface area contributed by atoms with E-state index in [-0.39, 0.29) is 12.5 Å². The van der Waals surface area contributed by atoms with Gasteiger partial charge in [-0.25, -0.2) is 4.98 Å². The molecule has 0 unspecified atom stereocenters. The number of carbonyl (C=O) groups excluding carboxylic acids is 1. The van der Waals surface area contributed by atoms with E-state index in [1.54, 1.807) is 13.2 Å². The Morgan fingerprint density at radius 2 is 2.31 bits per heavy atom. The molecule has 0 aromatic carbocycles. The maximum absolute atomic E-state index is 11.4. The molecule has 1 rings (SSSR count). The third kappa shape index (κ3) is 4.86. The highest BCUT2D eigenvalue weighted by Crippen LogP contribution is 2.02. The topological polar surface area (TPSA) is 63.2 Å². The Morgan fingerprint density at radius 3 is 3.00 bits per heavy atom. The number of nitrogens with one attached hydrogen (secondary N) is 2. The van der Waals surface area contributed by atoms with Gasteiger partial charge in [-0.1, -0.05) is 6.07 Å². The van der Waals surface area contributed by atoms with Crippen LogP contribution in [0.5, 0.6) is 0 Å². The largest absolute Gasteiger partial charge is 0.383 e. The van der Waals surface area contributed by atoms with E-state index in [2.05, 4.69) is 15.6 Å². The van der Waals surface area contributed by atoms with Gasteiger partial charge in [0.2, 0.25) is 5.91 Å². The van der Waals surface area contributed by atoms with Crippen LogP contribution in [0.3, 0.4) is 0 Å². The van der Waals surface area contributed by atoms with E-state index >= 15 is 0 Å². The predicted molar refractivity (Wildman–Crippen MR) is 62.3 cm³/mol. The van der Waals surface area contributed by atoms with Crippen molar-refractivity contribution in [2.24, 2.45) is 0 Å². The van der Waals surface area contributed by atoms with Crippen LogP contribution in [0.2, 0.25) is 0 Å². The zero-order valence-corrected chi connectivity index (χ0v) is 9.62. The summed E-state index contributed by atoms with van der Waals surface area (Å²) in [6.45, 7) is 3.40. The van der Waals surface area contributed by atoms with Crippen molar-refractivity contribution in [3.8, 4) is 0 Å². The summed E-state index contributed by atoms with van der Waals surface area (Å²) in [5.41, 5.74) is 0.880. The van der Waals surface area contributed by atoms with Crippen LogP contribution in [0.25, 0.3) is 0 Å². The number of nitrogens with zero attached hydrogens (tertiary/aromatic N) is 1. The van der Waals surface area contributed by atoms with Crippen LogP contribution in [0.1, 0.15) is 5.69 Å². The lowest BCUT2D eigenvalue weighted by atomic mass is 10.4. The number of aryl methyl sites for hydroxylation is 1. The minimum absolute atomic E-state index is 0.103. The third-order valence-corrected chi connectivity index (χ3v) is 1.92. The molecule has 0 fully saturated rings. The first-order chi connectivity index (χ1) is 7.72. The van der Waals surface area contributed by atoms with E-state index < -0.39 is 0 Å². The Balaban J connectivity index is 2.29. The van der Waals surface area contributed by atoms with Gasteiger partial charge in [-0.05, 0) is 19.1 Å². The highest BCUT2D eigenvalue weighted by atomic mass is 16.5. The fourth-order valence-corrected chi connectivity index (χ4v) is 1.18. The van der Waals surface area contributed by atoms with Crippen LogP contribution in [0.4, 0.5) is 5.82 Å².